The van der Waals surface area contributed by atoms with Gasteiger partial charge in [-0.05, 0) is 53.7 Å². The Morgan fingerprint density at radius 2 is 1.89 bits per heavy atom. The zero-order chi connectivity index (χ0) is 19.8. The molecule has 3 rings (SSSR count). The summed E-state index contributed by atoms with van der Waals surface area (Å²) in [5, 5.41) is 20.6. The molecule has 3 atom stereocenters. The standard InChI is InChI=1S/C22H27FO4/c1-21(2)13-22(3,26)12-18(14-4-6-15(23)7-5-14)19(21)9-8-17-10-16(24)11-20(25)27-17/h4-9,16-17,24,26H,10-13H2,1-3H3. The SMILES string of the molecule is CC1(O)CC(c2ccc(F)cc2)=C(C=CC2CC(O)CC(=O)O2)C(C)(C)C1. The highest BCUT2D eigenvalue weighted by Crippen LogP contribution is 2.48. The average molecular weight is 374 g/mol. The Kier molecular flexibility index (Phi) is 5.28. The number of ether oxygens (including phenoxy) is 1. The molecule has 2 N–H and O–H groups in total. The van der Waals surface area contributed by atoms with E-state index in [4.69, 9.17) is 4.74 Å². The van der Waals surface area contributed by atoms with E-state index in [0.717, 1.165) is 16.7 Å². The normalized spacial score (nSPS) is 31.3. The Balaban J connectivity index is 2.00. The Morgan fingerprint density at radius 3 is 2.52 bits per heavy atom. The van der Waals surface area contributed by atoms with Gasteiger partial charge in [0.15, 0.2) is 0 Å². The van der Waals surface area contributed by atoms with Gasteiger partial charge < -0.3 is 14.9 Å². The minimum atomic E-state index is -0.863. The lowest BCUT2D eigenvalue weighted by Crippen LogP contribution is -2.37. The number of cyclic esters (lactones) is 1. The van der Waals surface area contributed by atoms with Crippen molar-refractivity contribution < 1.29 is 24.1 Å². The van der Waals surface area contributed by atoms with Crippen LogP contribution in [0.25, 0.3) is 5.57 Å². The van der Waals surface area contributed by atoms with Crippen LogP contribution in [0.2, 0.25) is 0 Å². The highest BCUT2D eigenvalue weighted by molar-refractivity contribution is 5.74. The molecule has 146 valence electrons. The molecule has 1 aliphatic heterocycles. The van der Waals surface area contributed by atoms with Crippen LogP contribution in [0.1, 0.15) is 52.0 Å². The zero-order valence-corrected chi connectivity index (χ0v) is 16.0. The number of aliphatic hydroxyl groups is 2. The molecule has 2 aliphatic rings. The first-order valence-electron chi connectivity index (χ1n) is 9.33. The molecule has 0 amide bonds. The molecule has 1 aliphatic carbocycles. The number of aliphatic hydroxyl groups excluding tert-OH is 1. The fourth-order valence-electron chi connectivity index (χ4n) is 4.36. The summed E-state index contributed by atoms with van der Waals surface area (Å²) in [5.41, 5.74) is 1.66. The lowest BCUT2D eigenvalue weighted by molar-refractivity contribution is -0.156. The third-order valence-electron chi connectivity index (χ3n) is 5.29. The Labute approximate surface area is 159 Å². The van der Waals surface area contributed by atoms with Gasteiger partial charge in [0, 0.05) is 12.8 Å². The van der Waals surface area contributed by atoms with Gasteiger partial charge in [-0.3, -0.25) is 4.79 Å². The van der Waals surface area contributed by atoms with E-state index in [-0.39, 0.29) is 17.7 Å². The summed E-state index contributed by atoms with van der Waals surface area (Å²) >= 11 is 0. The van der Waals surface area contributed by atoms with E-state index in [1.54, 1.807) is 18.2 Å². The molecule has 4 nitrogen and oxygen atoms in total. The average Bonchev–Trinajstić information content (AvgIpc) is 2.51. The van der Waals surface area contributed by atoms with Crippen molar-refractivity contribution in [3.05, 3.63) is 53.4 Å². The van der Waals surface area contributed by atoms with E-state index in [1.165, 1.54) is 12.1 Å². The number of hydrogen-bond acceptors (Lipinski definition) is 4. The predicted octanol–water partition coefficient (Wildman–Crippen LogP) is 3.77. The molecule has 27 heavy (non-hydrogen) atoms. The molecule has 0 saturated carbocycles. The number of carbonyl (C=O) groups is 1. The molecule has 1 heterocycles. The van der Waals surface area contributed by atoms with E-state index >= 15 is 0 Å². The van der Waals surface area contributed by atoms with E-state index in [1.807, 2.05) is 13.0 Å². The fourth-order valence-corrected chi connectivity index (χ4v) is 4.36. The van der Waals surface area contributed by atoms with Crippen LogP contribution in [0.5, 0.6) is 0 Å². The maximum Gasteiger partial charge on any atom is 0.309 e. The second-order valence-electron chi connectivity index (χ2n) is 8.61. The topological polar surface area (TPSA) is 66.8 Å². The molecule has 3 unspecified atom stereocenters. The van der Waals surface area contributed by atoms with E-state index < -0.39 is 23.8 Å². The predicted molar refractivity (Wildman–Crippen MR) is 101 cm³/mol. The fraction of sp³-hybridized carbons (Fsp3) is 0.500. The van der Waals surface area contributed by atoms with Gasteiger partial charge in [-0.15, -0.1) is 0 Å². The van der Waals surface area contributed by atoms with Crippen molar-refractivity contribution in [1.82, 2.24) is 0 Å². The van der Waals surface area contributed by atoms with Gasteiger partial charge >= 0.3 is 5.97 Å². The minimum absolute atomic E-state index is 0.0300. The Bertz CT molecular complexity index is 774. The van der Waals surface area contributed by atoms with E-state index in [0.29, 0.717) is 19.3 Å². The molecule has 5 heteroatoms. The van der Waals surface area contributed by atoms with Gasteiger partial charge in [0.25, 0.3) is 0 Å². The molecular formula is C22H27FO4. The number of benzene rings is 1. The van der Waals surface area contributed by atoms with Crippen molar-refractivity contribution in [2.45, 2.75) is 64.3 Å². The summed E-state index contributed by atoms with van der Waals surface area (Å²) in [7, 11) is 0. The number of carbonyl (C=O) groups excluding carboxylic acids is 1. The summed E-state index contributed by atoms with van der Waals surface area (Å²) in [6, 6.07) is 6.28. The Hall–Kier alpha value is -1.98. The van der Waals surface area contributed by atoms with Crippen molar-refractivity contribution in [2.24, 2.45) is 5.41 Å². The minimum Gasteiger partial charge on any atom is -0.458 e. The van der Waals surface area contributed by atoms with Gasteiger partial charge in [0.05, 0.1) is 18.1 Å². The monoisotopic (exact) mass is 374 g/mol. The quantitative estimate of drug-likeness (QED) is 0.791. The molecule has 1 fully saturated rings. The van der Waals surface area contributed by atoms with Crippen LogP contribution in [-0.4, -0.2) is 34.0 Å². The molecular weight excluding hydrogens is 347 g/mol. The lowest BCUT2D eigenvalue weighted by atomic mass is 9.65. The highest BCUT2D eigenvalue weighted by atomic mass is 19.1. The summed E-state index contributed by atoms with van der Waals surface area (Å²) in [6.45, 7) is 5.94. The maximum absolute atomic E-state index is 13.4. The highest BCUT2D eigenvalue weighted by Gasteiger charge is 2.40. The van der Waals surface area contributed by atoms with Crippen molar-refractivity contribution in [3.8, 4) is 0 Å². The summed E-state index contributed by atoms with van der Waals surface area (Å²) in [5.74, 6) is -0.705. The van der Waals surface area contributed by atoms with Crippen LogP contribution in [0.3, 0.4) is 0 Å². The van der Waals surface area contributed by atoms with Crippen molar-refractivity contribution in [3.63, 3.8) is 0 Å². The first kappa shape index (κ1) is 19.8. The summed E-state index contributed by atoms with van der Waals surface area (Å²) in [6.07, 6.45) is 4.02. The number of halogens is 1. The first-order chi connectivity index (χ1) is 12.6. The summed E-state index contributed by atoms with van der Waals surface area (Å²) in [4.78, 5) is 11.6. The molecule has 1 saturated heterocycles. The van der Waals surface area contributed by atoms with Crippen LogP contribution >= 0.6 is 0 Å². The molecule has 0 bridgehead atoms. The number of rotatable bonds is 3. The molecule has 0 aromatic heterocycles. The van der Waals surface area contributed by atoms with Crippen LogP contribution in [0, 0.1) is 11.2 Å². The van der Waals surface area contributed by atoms with E-state index in [2.05, 4.69) is 13.8 Å². The van der Waals surface area contributed by atoms with Gasteiger partial charge in [-0.2, -0.15) is 0 Å². The van der Waals surface area contributed by atoms with Crippen molar-refractivity contribution in [1.29, 1.82) is 0 Å². The number of esters is 1. The van der Waals surface area contributed by atoms with Gasteiger partial charge in [-0.25, -0.2) is 4.39 Å². The molecule has 1 aromatic rings. The smallest absolute Gasteiger partial charge is 0.309 e. The maximum atomic E-state index is 13.4. The number of allylic oxidation sites excluding steroid dienone is 2. The van der Waals surface area contributed by atoms with Crippen molar-refractivity contribution in [2.75, 3.05) is 0 Å². The van der Waals surface area contributed by atoms with Gasteiger partial charge in [-0.1, -0.05) is 32.1 Å². The zero-order valence-electron chi connectivity index (χ0n) is 16.0. The third-order valence-corrected chi connectivity index (χ3v) is 5.29. The largest absolute Gasteiger partial charge is 0.458 e. The second-order valence-corrected chi connectivity index (χ2v) is 8.61. The van der Waals surface area contributed by atoms with Crippen LogP contribution in [0.4, 0.5) is 4.39 Å². The third kappa shape index (κ3) is 4.66. The second kappa shape index (κ2) is 7.21. The Morgan fingerprint density at radius 1 is 1.22 bits per heavy atom. The molecule has 0 spiro atoms. The van der Waals surface area contributed by atoms with Crippen molar-refractivity contribution >= 4 is 11.5 Å². The lowest BCUT2D eigenvalue weighted by Gasteiger charge is -2.42. The summed E-state index contributed by atoms with van der Waals surface area (Å²) < 4.78 is 18.7. The molecule has 1 aromatic carbocycles. The molecule has 0 radical (unpaired) electrons. The van der Waals surface area contributed by atoms with Crippen LogP contribution in [-0.2, 0) is 9.53 Å². The van der Waals surface area contributed by atoms with Gasteiger partial charge in [0.2, 0.25) is 0 Å². The van der Waals surface area contributed by atoms with E-state index in [9.17, 15) is 19.4 Å². The number of hydrogen-bond donors (Lipinski definition) is 2. The van der Waals surface area contributed by atoms with Gasteiger partial charge in [0.1, 0.15) is 11.9 Å². The van der Waals surface area contributed by atoms with Crippen LogP contribution < -0.4 is 0 Å². The first-order valence-corrected chi connectivity index (χ1v) is 9.33. The van der Waals surface area contributed by atoms with Crippen LogP contribution in [0.15, 0.2) is 42.0 Å².